The molecule has 4 rings (SSSR count). The second-order valence-electron chi connectivity index (χ2n) is 6.47. The lowest BCUT2D eigenvalue weighted by Crippen LogP contribution is -2.33. The molecule has 0 radical (unpaired) electrons. The number of benzene rings is 2. The lowest BCUT2D eigenvalue weighted by atomic mass is 10.1. The molecule has 25 heavy (non-hydrogen) atoms. The SMILES string of the molecule is Cc1ccc(CN(C(=O)CSc2nc3ccccc3s2)C2CC2)cc1. The number of aryl methyl sites for hydroxylation is 1. The Bertz CT molecular complexity index is 851. The number of aromatic nitrogens is 1. The molecular formula is C20H20N2OS2. The third-order valence-corrected chi connectivity index (χ3v) is 6.54. The summed E-state index contributed by atoms with van der Waals surface area (Å²) in [5, 5.41) is 0. The molecule has 1 aromatic heterocycles. The van der Waals surface area contributed by atoms with Crippen LogP contribution < -0.4 is 0 Å². The van der Waals surface area contributed by atoms with Gasteiger partial charge in [0.2, 0.25) is 5.91 Å². The Morgan fingerprint density at radius 2 is 1.96 bits per heavy atom. The van der Waals surface area contributed by atoms with Gasteiger partial charge in [-0.05, 0) is 37.5 Å². The van der Waals surface area contributed by atoms with E-state index in [1.54, 1.807) is 23.1 Å². The third kappa shape index (κ3) is 4.05. The van der Waals surface area contributed by atoms with Crippen molar-refractivity contribution in [2.24, 2.45) is 0 Å². The number of para-hydroxylation sites is 1. The van der Waals surface area contributed by atoms with E-state index in [0.29, 0.717) is 18.3 Å². The molecule has 1 aliphatic rings. The maximum atomic E-state index is 12.8. The molecule has 1 fully saturated rings. The van der Waals surface area contributed by atoms with E-state index in [-0.39, 0.29) is 5.91 Å². The largest absolute Gasteiger partial charge is 0.335 e. The first-order chi connectivity index (χ1) is 12.2. The zero-order valence-corrected chi connectivity index (χ0v) is 15.8. The molecule has 128 valence electrons. The molecule has 2 aromatic carbocycles. The number of thiazole rings is 1. The van der Waals surface area contributed by atoms with Crippen molar-refractivity contribution >= 4 is 39.2 Å². The molecule has 3 nitrogen and oxygen atoms in total. The summed E-state index contributed by atoms with van der Waals surface area (Å²) in [6.07, 6.45) is 2.26. The Morgan fingerprint density at radius 1 is 1.20 bits per heavy atom. The predicted octanol–water partition coefficient (Wildman–Crippen LogP) is 4.89. The number of amides is 1. The molecular weight excluding hydrogens is 348 g/mol. The average molecular weight is 369 g/mol. The van der Waals surface area contributed by atoms with Gasteiger partial charge in [-0.2, -0.15) is 0 Å². The van der Waals surface area contributed by atoms with E-state index in [1.807, 2.05) is 23.1 Å². The normalized spacial score (nSPS) is 14.0. The van der Waals surface area contributed by atoms with Gasteiger partial charge in [-0.1, -0.05) is 53.7 Å². The first-order valence-corrected chi connectivity index (χ1v) is 10.3. The minimum absolute atomic E-state index is 0.215. The molecule has 1 heterocycles. The van der Waals surface area contributed by atoms with Gasteiger partial charge in [0.05, 0.1) is 16.0 Å². The number of thioether (sulfide) groups is 1. The topological polar surface area (TPSA) is 33.2 Å². The number of rotatable bonds is 6. The lowest BCUT2D eigenvalue weighted by Gasteiger charge is -2.22. The van der Waals surface area contributed by atoms with E-state index in [2.05, 4.69) is 42.2 Å². The number of carbonyl (C=O) groups is 1. The molecule has 0 aliphatic heterocycles. The van der Waals surface area contributed by atoms with Gasteiger partial charge >= 0.3 is 0 Å². The van der Waals surface area contributed by atoms with E-state index >= 15 is 0 Å². The van der Waals surface area contributed by atoms with Crippen LogP contribution in [0.15, 0.2) is 52.9 Å². The molecule has 0 bridgehead atoms. The second kappa shape index (κ2) is 7.18. The fourth-order valence-corrected chi connectivity index (χ4v) is 4.77. The quantitative estimate of drug-likeness (QED) is 0.581. The molecule has 0 N–H and O–H groups in total. The van der Waals surface area contributed by atoms with Crippen LogP contribution >= 0.6 is 23.1 Å². The summed E-state index contributed by atoms with van der Waals surface area (Å²) >= 11 is 3.22. The highest BCUT2D eigenvalue weighted by molar-refractivity contribution is 8.01. The summed E-state index contributed by atoms with van der Waals surface area (Å²) in [6, 6.07) is 17.0. The van der Waals surface area contributed by atoms with Crippen molar-refractivity contribution in [3.05, 3.63) is 59.7 Å². The summed E-state index contributed by atoms with van der Waals surface area (Å²) in [5.41, 5.74) is 3.47. The van der Waals surface area contributed by atoms with Crippen LogP contribution in [0.5, 0.6) is 0 Å². The lowest BCUT2D eigenvalue weighted by molar-refractivity contribution is -0.129. The van der Waals surface area contributed by atoms with Crippen LogP contribution in [-0.4, -0.2) is 27.6 Å². The molecule has 3 aromatic rings. The summed E-state index contributed by atoms with van der Waals surface area (Å²) in [5.74, 6) is 0.676. The Balaban J connectivity index is 1.41. The standard InChI is InChI=1S/C20H20N2OS2/c1-14-6-8-15(9-7-14)12-22(16-10-11-16)19(23)13-24-20-21-17-4-2-3-5-18(17)25-20/h2-9,16H,10-13H2,1H3. The molecule has 0 saturated heterocycles. The molecule has 1 aliphatic carbocycles. The van der Waals surface area contributed by atoms with Gasteiger partial charge in [0, 0.05) is 12.6 Å². The van der Waals surface area contributed by atoms with E-state index in [1.165, 1.54) is 15.8 Å². The van der Waals surface area contributed by atoms with Crippen LogP contribution in [0.25, 0.3) is 10.2 Å². The van der Waals surface area contributed by atoms with Gasteiger partial charge in [-0.15, -0.1) is 11.3 Å². The maximum Gasteiger partial charge on any atom is 0.233 e. The van der Waals surface area contributed by atoms with Crippen LogP contribution in [0.4, 0.5) is 0 Å². The molecule has 0 unspecified atom stereocenters. The molecule has 0 atom stereocenters. The summed E-state index contributed by atoms with van der Waals surface area (Å²) < 4.78 is 2.15. The van der Waals surface area contributed by atoms with Gasteiger partial charge in [0.25, 0.3) is 0 Å². The van der Waals surface area contributed by atoms with Crippen LogP contribution in [0.2, 0.25) is 0 Å². The number of nitrogens with zero attached hydrogens (tertiary/aromatic N) is 2. The van der Waals surface area contributed by atoms with Crippen LogP contribution in [0.3, 0.4) is 0 Å². The first kappa shape index (κ1) is 16.6. The highest BCUT2D eigenvalue weighted by atomic mass is 32.2. The summed E-state index contributed by atoms with van der Waals surface area (Å²) in [6.45, 7) is 2.80. The minimum Gasteiger partial charge on any atom is -0.335 e. The number of carbonyl (C=O) groups excluding carboxylic acids is 1. The fourth-order valence-electron chi connectivity index (χ4n) is 2.82. The summed E-state index contributed by atoms with van der Waals surface area (Å²) in [7, 11) is 0. The smallest absolute Gasteiger partial charge is 0.233 e. The van der Waals surface area contributed by atoms with Crippen molar-refractivity contribution in [1.82, 2.24) is 9.88 Å². The van der Waals surface area contributed by atoms with Gasteiger partial charge < -0.3 is 4.90 Å². The first-order valence-electron chi connectivity index (χ1n) is 8.52. The summed E-state index contributed by atoms with van der Waals surface area (Å²) in [4.78, 5) is 19.4. The van der Waals surface area contributed by atoms with Crippen molar-refractivity contribution in [1.29, 1.82) is 0 Å². The van der Waals surface area contributed by atoms with Gasteiger partial charge in [-0.25, -0.2) is 4.98 Å². The van der Waals surface area contributed by atoms with E-state index in [9.17, 15) is 4.79 Å². The van der Waals surface area contributed by atoms with Crippen LogP contribution in [-0.2, 0) is 11.3 Å². The van der Waals surface area contributed by atoms with Crippen molar-refractivity contribution in [2.75, 3.05) is 5.75 Å². The number of fused-ring (bicyclic) bond motifs is 1. The Hall–Kier alpha value is -1.85. The van der Waals surface area contributed by atoms with Crippen LogP contribution in [0, 0.1) is 6.92 Å². The highest BCUT2D eigenvalue weighted by Gasteiger charge is 2.32. The highest BCUT2D eigenvalue weighted by Crippen LogP contribution is 2.32. The Morgan fingerprint density at radius 3 is 2.68 bits per heavy atom. The van der Waals surface area contributed by atoms with Gasteiger partial charge in [-0.3, -0.25) is 4.79 Å². The molecule has 0 spiro atoms. The Kier molecular flexibility index (Phi) is 4.77. The van der Waals surface area contributed by atoms with Gasteiger partial charge in [0.15, 0.2) is 4.34 Å². The number of hydrogen-bond acceptors (Lipinski definition) is 4. The second-order valence-corrected chi connectivity index (χ2v) is 8.73. The molecule has 1 saturated carbocycles. The molecule has 5 heteroatoms. The van der Waals surface area contributed by atoms with E-state index in [4.69, 9.17) is 0 Å². The van der Waals surface area contributed by atoms with Crippen LogP contribution in [0.1, 0.15) is 24.0 Å². The predicted molar refractivity (Wildman–Crippen MR) is 105 cm³/mol. The third-order valence-electron chi connectivity index (χ3n) is 4.37. The number of hydrogen-bond donors (Lipinski definition) is 0. The average Bonchev–Trinajstić information content (AvgIpc) is 3.37. The Labute approximate surface area is 156 Å². The fraction of sp³-hybridized carbons (Fsp3) is 0.300. The van der Waals surface area contributed by atoms with E-state index < -0.39 is 0 Å². The molecule has 1 amide bonds. The zero-order chi connectivity index (χ0) is 17.2. The van der Waals surface area contributed by atoms with Crippen molar-refractivity contribution in [3.8, 4) is 0 Å². The van der Waals surface area contributed by atoms with Crippen molar-refractivity contribution in [3.63, 3.8) is 0 Å². The van der Waals surface area contributed by atoms with Crippen molar-refractivity contribution < 1.29 is 4.79 Å². The monoisotopic (exact) mass is 368 g/mol. The minimum atomic E-state index is 0.215. The maximum absolute atomic E-state index is 12.8. The van der Waals surface area contributed by atoms with Crippen molar-refractivity contribution in [2.45, 2.75) is 36.7 Å². The van der Waals surface area contributed by atoms with E-state index in [0.717, 1.165) is 22.7 Å². The van der Waals surface area contributed by atoms with Gasteiger partial charge in [0.1, 0.15) is 0 Å². The zero-order valence-electron chi connectivity index (χ0n) is 14.1.